The van der Waals surface area contributed by atoms with Gasteiger partial charge in [0.25, 0.3) is 5.91 Å². The minimum absolute atomic E-state index is 0.000236. The summed E-state index contributed by atoms with van der Waals surface area (Å²) in [6.07, 6.45) is 6.20. The third-order valence-electron chi connectivity index (χ3n) is 4.10. The molecule has 1 aromatic carbocycles. The molecule has 0 bridgehead atoms. The number of urea groups is 1. The lowest BCUT2D eigenvalue weighted by Gasteiger charge is -2.24. The molecule has 1 saturated heterocycles. The number of carbonyl (C=O) groups is 4. The summed E-state index contributed by atoms with van der Waals surface area (Å²) in [4.78, 5) is 51.0. The molecule has 0 atom stereocenters. The lowest BCUT2D eigenvalue weighted by Crippen LogP contribution is -2.31. The van der Waals surface area contributed by atoms with Gasteiger partial charge in [-0.3, -0.25) is 4.79 Å². The van der Waals surface area contributed by atoms with E-state index in [1.54, 1.807) is 42.6 Å². The zero-order valence-electron chi connectivity index (χ0n) is 15.2. The van der Waals surface area contributed by atoms with Gasteiger partial charge in [-0.05, 0) is 30.4 Å². The number of methoxy groups -OCH3 is 2. The number of carbonyl (C=O) groups excluding carboxylic acids is 4. The Kier molecular flexibility index (Phi) is 5.25. The quantitative estimate of drug-likeness (QED) is 0.616. The summed E-state index contributed by atoms with van der Waals surface area (Å²) >= 11 is 0. The summed E-state index contributed by atoms with van der Waals surface area (Å²) in [6, 6.07) is 5.90. The molecular formula is C19H17N3O6. The minimum Gasteiger partial charge on any atom is -0.465 e. The monoisotopic (exact) mass is 383 g/mol. The van der Waals surface area contributed by atoms with Crippen LogP contribution in [0.4, 0.5) is 16.2 Å². The number of imide groups is 1. The van der Waals surface area contributed by atoms with Crippen molar-refractivity contribution in [3.8, 4) is 0 Å². The number of amides is 3. The summed E-state index contributed by atoms with van der Waals surface area (Å²) in [5.74, 6) is -1.86. The highest BCUT2D eigenvalue weighted by Gasteiger charge is 2.31. The highest BCUT2D eigenvalue weighted by atomic mass is 16.5. The molecule has 0 saturated carbocycles. The van der Waals surface area contributed by atoms with Gasteiger partial charge in [-0.1, -0.05) is 12.1 Å². The average Bonchev–Trinajstić information content (AvgIpc) is 2.92. The van der Waals surface area contributed by atoms with Crippen molar-refractivity contribution in [3.05, 3.63) is 60.0 Å². The van der Waals surface area contributed by atoms with Crippen LogP contribution in [0, 0.1) is 0 Å². The first-order valence-electron chi connectivity index (χ1n) is 8.23. The molecule has 0 unspecified atom stereocenters. The number of esters is 2. The fourth-order valence-electron chi connectivity index (χ4n) is 2.83. The Morgan fingerprint density at radius 2 is 1.75 bits per heavy atom. The standard InChI is InChI=1S/C19H17N3O6/c1-27-17(24)14-8-3-4-9-21(16(14)18(25)28-2)12-6-5-7-13(10-12)22-15(23)11-20-19(22)26/h3-10H,11H2,1-2H3,(H,20,26). The fraction of sp³-hybridized carbons (Fsp3) is 0.158. The Bertz CT molecular complexity index is 931. The molecule has 1 aromatic rings. The van der Waals surface area contributed by atoms with Crippen LogP contribution >= 0.6 is 0 Å². The van der Waals surface area contributed by atoms with E-state index in [1.807, 2.05) is 0 Å². The summed E-state index contributed by atoms with van der Waals surface area (Å²) < 4.78 is 9.61. The molecule has 9 heteroatoms. The van der Waals surface area contributed by atoms with Gasteiger partial charge in [0.1, 0.15) is 5.70 Å². The second-order valence-corrected chi connectivity index (χ2v) is 5.72. The normalized spacial score (nSPS) is 16.2. The van der Waals surface area contributed by atoms with Gasteiger partial charge in [0, 0.05) is 11.9 Å². The second-order valence-electron chi connectivity index (χ2n) is 5.72. The third kappa shape index (κ3) is 3.37. The maximum absolute atomic E-state index is 12.5. The van der Waals surface area contributed by atoms with Crippen molar-refractivity contribution in [2.75, 3.05) is 30.6 Å². The van der Waals surface area contributed by atoms with Crippen molar-refractivity contribution < 1.29 is 28.7 Å². The zero-order chi connectivity index (χ0) is 20.3. The maximum atomic E-state index is 12.5. The van der Waals surface area contributed by atoms with E-state index in [-0.39, 0.29) is 17.8 Å². The van der Waals surface area contributed by atoms with Gasteiger partial charge in [-0.25, -0.2) is 19.3 Å². The van der Waals surface area contributed by atoms with Gasteiger partial charge in [0.05, 0.1) is 32.0 Å². The number of allylic oxidation sites excluding steroid dienone is 2. The topological polar surface area (TPSA) is 105 Å². The number of hydrogen-bond donors (Lipinski definition) is 1. The molecule has 2 heterocycles. The van der Waals surface area contributed by atoms with Crippen molar-refractivity contribution in [1.29, 1.82) is 0 Å². The molecule has 9 nitrogen and oxygen atoms in total. The smallest absolute Gasteiger partial charge is 0.355 e. The highest BCUT2D eigenvalue weighted by molar-refractivity contribution is 6.20. The number of rotatable bonds is 4. The molecule has 28 heavy (non-hydrogen) atoms. The first kappa shape index (κ1) is 18.9. The van der Waals surface area contributed by atoms with Crippen LogP contribution in [0.1, 0.15) is 0 Å². The lowest BCUT2D eigenvalue weighted by atomic mass is 10.1. The third-order valence-corrected chi connectivity index (χ3v) is 4.10. The SMILES string of the molecule is COC(=O)C1=C(C(=O)OC)N(c2cccc(N3C(=O)CNC3=O)c2)C=CC=C1. The van der Waals surface area contributed by atoms with E-state index in [2.05, 4.69) is 5.32 Å². The number of nitrogens with zero attached hydrogens (tertiary/aromatic N) is 2. The van der Waals surface area contributed by atoms with Crippen molar-refractivity contribution in [2.45, 2.75) is 0 Å². The maximum Gasteiger partial charge on any atom is 0.355 e. The van der Waals surface area contributed by atoms with Crippen LogP contribution in [0.5, 0.6) is 0 Å². The van der Waals surface area contributed by atoms with Crippen LogP contribution < -0.4 is 15.1 Å². The second kappa shape index (κ2) is 7.78. The molecule has 3 rings (SSSR count). The Morgan fingerprint density at radius 3 is 2.39 bits per heavy atom. The molecule has 3 amide bonds. The Balaban J connectivity index is 2.11. The number of nitrogens with one attached hydrogen (secondary N) is 1. The van der Waals surface area contributed by atoms with E-state index >= 15 is 0 Å². The van der Waals surface area contributed by atoms with Gasteiger partial charge >= 0.3 is 18.0 Å². The van der Waals surface area contributed by atoms with E-state index in [9.17, 15) is 19.2 Å². The first-order valence-corrected chi connectivity index (χ1v) is 8.23. The molecule has 0 aliphatic carbocycles. The molecule has 1 N–H and O–H groups in total. The molecule has 0 radical (unpaired) electrons. The predicted octanol–water partition coefficient (Wildman–Crippen LogP) is 1.23. The molecule has 1 fully saturated rings. The highest BCUT2D eigenvalue weighted by Crippen LogP contribution is 2.30. The van der Waals surface area contributed by atoms with Gasteiger partial charge in [0.15, 0.2) is 0 Å². The Labute approximate surface area is 160 Å². The number of ether oxygens (including phenoxy) is 2. The van der Waals surface area contributed by atoms with Crippen LogP contribution in [0.15, 0.2) is 60.0 Å². The summed E-state index contributed by atoms with van der Waals surface area (Å²) in [6.45, 7) is -0.0869. The largest absolute Gasteiger partial charge is 0.465 e. The van der Waals surface area contributed by atoms with Gasteiger partial charge in [-0.2, -0.15) is 0 Å². The van der Waals surface area contributed by atoms with E-state index in [0.29, 0.717) is 11.4 Å². The predicted molar refractivity (Wildman–Crippen MR) is 99.1 cm³/mol. The number of hydrogen-bond acceptors (Lipinski definition) is 7. The van der Waals surface area contributed by atoms with Crippen LogP contribution in [0.2, 0.25) is 0 Å². The average molecular weight is 383 g/mol. The van der Waals surface area contributed by atoms with E-state index < -0.39 is 23.9 Å². The Hall–Kier alpha value is -3.88. The molecular weight excluding hydrogens is 366 g/mol. The van der Waals surface area contributed by atoms with E-state index in [0.717, 1.165) is 4.90 Å². The first-order chi connectivity index (χ1) is 13.5. The minimum atomic E-state index is -0.753. The molecule has 144 valence electrons. The molecule has 2 aliphatic rings. The number of anilines is 2. The van der Waals surface area contributed by atoms with Crippen molar-refractivity contribution >= 4 is 35.3 Å². The van der Waals surface area contributed by atoms with Crippen LogP contribution in [0.3, 0.4) is 0 Å². The summed E-state index contributed by atoms with van der Waals surface area (Å²) in [5.41, 5.74) is 0.701. The van der Waals surface area contributed by atoms with Gasteiger partial charge < -0.3 is 19.7 Å². The Morgan fingerprint density at radius 1 is 1.04 bits per heavy atom. The van der Waals surface area contributed by atoms with Crippen molar-refractivity contribution in [1.82, 2.24) is 5.32 Å². The summed E-state index contributed by atoms with van der Waals surface area (Å²) in [7, 11) is 2.41. The van der Waals surface area contributed by atoms with E-state index in [1.165, 1.54) is 25.2 Å². The van der Waals surface area contributed by atoms with Gasteiger partial charge in [-0.15, -0.1) is 0 Å². The fourth-order valence-corrected chi connectivity index (χ4v) is 2.83. The van der Waals surface area contributed by atoms with Crippen LogP contribution in [-0.2, 0) is 23.9 Å². The van der Waals surface area contributed by atoms with Crippen LogP contribution in [-0.4, -0.2) is 44.6 Å². The van der Waals surface area contributed by atoms with Crippen molar-refractivity contribution in [2.24, 2.45) is 0 Å². The zero-order valence-corrected chi connectivity index (χ0v) is 15.2. The molecule has 0 aromatic heterocycles. The lowest BCUT2D eigenvalue weighted by molar-refractivity contribution is -0.139. The van der Waals surface area contributed by atoms with Gasteiger partial charge in [0.2, 0.25) is 0 Å². The molecule has 0 spiro atoms. The van der Waals surface area contributed by atoms with E-state index in [4.69, 9.17) is 9.47 Å². The van der Waals surface area contributed by atoms with Crippen LogP contribution in [0.25, 0.3) is 0 Å². The molecule has 2 aliphatic heterocycles. The van der Waals surface area contributed by atoms with Crippen molar-refractivity contribution in [3.63, 3.8) is 0 Å². The number of benzene rings is 1. The summed E-state index contributed by atoms with van der Waals surface area (Å²) in [5, 5.41) is 2.45.